The number of nitrogens with zero attached hydrogens (tertiary/aromatic N) is 1. The first kappa shape index (κ1) is 14.5. The molecular weight excluding hydrogens is 193 g/mol. The number of thiol groups is 1. The van der Waals surface area contributed by atoms with Gasteiger partial charge < -0.3 is 4.74 Å². The summed E-state index contributed by atoms with van der Waals surface area (Å²) in [5.74, 6) is 0.808. The molecule has 0 saturated heterocycles. The van der Waals surface area contributed by atoms with Crippen LogP contribution in [0.4, 0.5) is 4.79 Å². The van der Waals surface area contributed by atoms with Crippen molar-refractivity contribution in [1.29, 1.82) is 0 Å². The van der Waals surface area contributed by atoms with Crippen LogP contribution in [0.1, 0.15) is 13.8 Å². The van der Waals surface area contributed by atoms with Gasteiger partial charge in [-0.3, -0.25) is 0 Å². The van der Waals surface area contributed by atoms with E-state index in [1.54, 1.807) is 6.92 Å². The molecule has 0 atom stereocenters. The van der Waals surface area contributed by atoms with E-state index in [0.29, 0.717) is 6.61 Å². The average Bonchev–Trinajstić information content (AvgIpc) is 1.89. The van der Waals surface area contributed by atoms with Gasteiger partial charge in [0.1, 0.15) is 0 Å². The van der Waals surface area contributed by atoms with Crippen molar-refractivity contribution < 1.29 is 9.53 Å². The van der Waals surface area contributed by atoms with Crippen molar-refractivity contribution in [2.24, 2.45) is 0 Å². The molecule has 0 rings (SSSR count). The minimum absolute atomic E-state index is 0. The van der Waals surface area contributed by atoms with E-state index < -0.39 is 6.09 Å². The molecule has 1 amide bonds. The van der Waals surface area contributed by atoms with Crippen molar-refractivity contribution >= 4 is 60.4 Å². The van der Waals surface area contributed by atoms with E-state index in [2.05, 4.69) is 17.6 Å². The molecule has 0 bridgehead atoms. The molecule has 0 spiro atoms. The molecule has 0 N–H and O–H groups in total. The maximum absolute atomic E-state index is 10.7. The van der Waals surface area contributed by atoms with Crippen LogP contribution in [0.2, 0.25) is 0 Å². The van der Waals surface area contributed by atoms with Gasteiger partial charge in [0.2, 0.25) is 0 Å². The Morgan fingerprint density at radius 2 is 2.18 bits per heavy atom. The van der Waals surface area contributed by atoms with Gasteiger partial charge in [0.25, 0.3) is 0 Å². The summed E-state index contributed by atoms with van der Waals surface area (Å²) in [6, 6.07) is 0. The Bertz CT molecular complexity index is 115. The second kappa shape index (κ2) is 9.06. The molecule has 6 heteroatoms. The van der Waals surface area contributed by atoms with Crippen LogP contribution in [0.25, 0.3) is 0 Å². The predicted molar refractivity (Wildman–Crippen MR) is 53.1 cm³/mol. The minimum atomic E-state index is -0.405. The van der Waals surface area contributed by atoms with Crippen LogP contribution in [0, 0.1) is 0 Å². The Morgan fingerprint density at radius 3 is 2.55 bits per heavy atom. The van der Waals surface area contributed by atoms with Crippen LogP contribution in [0.3, 0.4) is 0 Å². The number of hydrogen-bond acceptors (Lipinski definition) is 4. The zero-order valence-electron chi connectivity index (χ0n) is 6.03. The topological polar surface area (TPSA) is 29.5 Å². The number of carbonyl (C=O) groups excluding carboxylic acids is 1. The summed E-state index contributed by atoms with van der Waals surface area (Å²) in [6.45, 7) is 4.09. The number of amides is 1. The summed E-state index contributed by atoms with van der Waals surface area (Å²) >= 11 is 5.16. The van der Waals surface area contributed by atoms with Gasteiger partial charge in [-0.15, -0.1) is 0 Å². The fourth-order valence-corrected chi connectivity index (χ4v) is 1.16. The van der Waals surface area contributed by atoms with Crippen molar-refractivity contribution in [3.8, 4) is 0 Å². The molecule has 0 heterocycles. The van der Waals surface area contributed by atoms with Crippen molar-refractivity contribution in [3.63, 3.8) is 0 Å². The molecule has 11 heavy (non-hydrogen) atoms. The summed E-state index contributed by atoms with van der Waals surface area (Å²) in [7, 11) is 0. The molecule has 0 radical (unpaired) electrons. The van der Waals surface area contributed by atoms with Gasteiger partial charge in [-0.25, -0.2) is 4.79 Å². The zero-order valence-corrected chi connectivity index (χ0v) is 7.74. The summed E-state index contributed by atoms with van der Waals surface area (Å²) in [5.41, 5.74) is 0. The fraction of sp³-hybridized carbons (Fsp3) is 0.800. The Kier molecular flexibility index (Phi) is 11.9. The first-order valence-electron chi connectivity index (χ1n) is 3.01. The SMILES string of the molecule is CCOC(=O)N(S)SCC.[NaH]. The Morgan fingerprint density at radius 1 is 1.64 bits per heavy atom. The van der Waals surface area contributed by atoms with Crippen LogP contribution in [-0.4, -0.2) is 51.7 Å². The van der Waals surface area contributed by atoms with E-state index in [9.17, 15) is 4.79 Å². The number of carbonyl (C=O) groups is 1. The third kappa shape index (κ3) is 7.33. The molecule has 62 valence electrons. The van der Waals surface area contributed by atoms with Crippen LogP contribution in [0.5, 0.6) is 0 Å². The Labute approximate surface area is 99.2 Å². The van der Waals surface area contributed by atoms with Crippen LogP contribution < -0.4 is 0 Å². The molecule has 0 aromatic carbocycles. The van der Waals surface area contributed by atoms with Gasteiger partial charge >= 0.3 is 35.7 Å². The third-order valence-electron chi connectivity index (χ3n) is 0.675. The summed E-state index contributed by atoms with van der Waals surface area (Å²) in [5, 5.41) is 0. The monoisotopic (exact) mass is 205 g/mol. The molecular formula is C5H12NNaO2S2. The van der Waals surface area contributed by atoms with E-state index in [4.69, 9.17) is 0 Å². The number of ether oxygens (including phenoxy) is 1. The van der Waals surface area contributed by atoms with E-state index in [0.717, 1.165) is 5.75 Å². The molecule has 0 aromatic rings. The van der Waals surface area contributed by atoms with Gasteiger partial charge in [0.15, 0.2) is 0 Å². The maximum atomic E-state index is 10.7. The van der Waals surface area contributed by atoms with E-state index in [-0.39, 0.29) is 29.6 Å². The standard InChI is InChI=1S/C5H11NO2S2.Na.H/c1-3-8-5(7)6(9)10-4-2;;/h9H,3-4H2,1-2H3;;. The quantitative estimate of drug-likeness (QED) is 0.428. The molecule has 0 aromatic heterocycles. The van der Waals surface area contributed by atoms with E-state index in [1.165, 1.54) is 15.7 Å². The Hall–Kier alpha value is 0.970. The van der Waals surface area contributed by atoms with Crippen LogP contribution >= 0.6 is 24.8 Å². The summed E-state index contributed by atoms with van der Waals surface area (Å²) in [6.07, 6.45) is -0.405. The molecule has 0 unspecified atom stereocenters. The fourth-order valence-electron chi connectivity index (χ4n) is 0.354. The number of rotatable bonds is 3. The Balaban J connectivity index is 0. The van der Waals surface area contributed by atoms with Crippen molar-refractivity contribution in [2.45, 2.75) is 13.8 Å². The summed E-state index contributed by atoms with van der Waals surface area (Å²) < 4.78 is 5.83. The normalized spacial score (nSPS) is 8.27. The van der Waals surface area contributed by atoms with Crippen molar-refractivity contribution in [1.82, 2.24) is 3.71 Å². The molecule has 0 aliphatic carbocycles. The third-order valence-corrected chi connectivity index (χ3v) is 1.84. The van der Waals surface area contributed by atoms with Crippen molar-refractivity contribution in [3.05, 3.63) is 0 Å². The molecule has 0 aliphatic heterocycles. The van der Waals surface area contributed by atoms with Gasteiger partial charge in [0, 0.05) is 5.75 Å². The van der Waals surface area contributed by atoms with Gasteiger partial charge in [-0.05, 0) is 31.7 Å². The van der Waals surface area contributed by atoms with Crippen molar-refractivity contribution in [2.75, 3.05) is 12.4 Å². The van der Waals surface area contributed by atoms with Gasteiger partial charge in [-0.1, -0.05) is 6.92 Å². The summed E-state index contributed by atoms with van der Waals surface area (Å²) in [4.78, 5) is 10.7. The molecule has 3 nitrogen and oxygen atoms in total. The molecule has 0 fully saturated rings. The second-order valence-corrected chi connectivity index (χ2v) is 3.26. The average molecular weight is 205 g/mol. The first-order valence-corrected chi connectivity index (χ1v) is 4.35. The second-order valence-electron chi connectivity index (χ2n) is 1.39. The zero-order chi connectivity index (χ0) is 7.98. The van der Waals surface area contributed by atoms with E-state index in [1.807, 2.05) is 6.92 Å². The number of hydrogen-bond donors (Lipinski definition) is 1. The first-order chi connectivity index (χ1) is 4.72. The molecule has 0 saturated carbocycles. The van der Waals surface area contributed by atoms with E-state index >= 15 is 0 Å². The van der Waals surface area contributed by atoms with Crippen LogP contribution in [-0.2, 0) is 4.74 Å². The predicted octanol–water partition coefficient (Wildman–Crippen LogP) is 1.31. The van der Waals surface area contributed by atoms with Gasteiger partial charge in [0.05, 0.1) is 6.61 Å². The molecule has 0 aliphatic rings. The van der Waals surface area contributed by atoms with Gasteiger partial charge in [-0.2, -0.15) is 3.71 Å². The van der Waals surface area contributed by atoms with Crippen LogP contribution in [0.15, 0.2) is 0 Å².